The van der Waals surface area contributed by atoms with Gasteiger partial charge in [-0.1, -0.05) is 0 Å². The predicted octanol–water partition coefficient (Wildman–Crippen LogP) is 2.95. The molecule has 8 nitrogen and oxygen atoms in total. The molecule has 188 valence electrons. The minimum Gasteiger partial charge on any atom is -0.367 e. The van der Waals surface area contributed by atoms with Crippen LogP contribution in [-0.2, 0) is 6.54 Å². The van der Waals surface area contributed by atoms with Gasteiger partial charge in [0.2, 0.25) is 5.95 Å². The fraction of sp³-hybridized carbons (Fsp3) is 0.769. The largest absolute Gasteiger partial charge is 0.367 e. The SMILES string of the molecule is CC(C)N1CCC(Nc2nc(N3CCN(C)CC3)nc3c2ccn3CCCN2CCCC2)CC1. The molecule has 5 rings (SSSR count). The number of rotatable bonds is 8. The highest BCUT2D eigenvalue weighted by atomic mass is 15.3. The number of piperidine rings is 1. The third-order valence-electron chi connectivity index (χ3n) is 8.07. The molecule has 8 heteroatoms. The van der Waals surface area contributed by atoms with E-state index in [1.165, 1.54) is 57.1 Å². The number of piperazine rings is 1. The smallest absolute Gasteiger partial charge is 0.229 e. The lowest BCUT2D eigenvalue weighted by Crippen LogP contribution is -2.45. The number of likely N-dealkylation sites (N-methyl/N-ethyl adjacent to an activating group) is 1. The normalized spacial score (nSPS) is 21.8. The topological polar surface area (TPSA) is 55.7 Å². The number of anilines is 2. The van der Waals surface area contributed by atoms with Gasteiger partial charge in [0.05, 0.1) is 5.39 Å². The van der Waals surface area contributed by atoms with Gasteiger partial charge in [0.1, 0.15) is 11.5 Å². The molecular weight excluding hydrogens is 424 g/mol. The second-order valence-corrected chi connectivity index (χ2v) is 10.9. The summed E-state index contributed by atoms with van der Waals surface area (Å²) in [6.07, 6.45) is 8.46. The van der Waals surface area contributed by atoms with Gasteiger partial charge in [-0.2, -0.15) is 9.97 Å². The maximum atomic E-state index is 5.12. The van der Waals surface area contributed by atoms with E-state index >= 15 is 0 Å². The third kappa shape index (κ3) is 5.50. The molecule has 0 bridgehead atoms. The van der Waals surface area contributed by atoms with Gasteiger partial charge in [-0.05, 0) is 78.7 Å². The van der Waals surface area contributed by atoms with Crippen LogP contribution in [0.3, 0.4) is 0 Å². The summed E-state index contributed by atoms with van der Waals surface area (Å²) in [4.78, 5) is 20.2. The molecule has 3 aliphatic heterocycles. The van der Waals surface area contributed by atoms with Crippen LogP contribution < -0.4 is 10.2 Å². The Morgan fingerprint density at radius 3 is 2.38 bits per heavy atom. The van der Waals surface area contributed by atoms with E-state index in [0.29, 0.717) is 12.1 Å². The van der Waals surface area contributed by atoms with Gasteiger partial charge in [-0.15, -0.1) is 0 Å². The summed E-state index contributed by atoms with van der Waals surface area (Å²) in [6, 6.07) is 3.34. The van der Waals surface area contributed by atoms with Crippen molar-refractivity contribution >= 4 is 22.8 Å². The van der Waals surface area contributed by atoms with E-state index in [4.69, 9.17) is 9.97 Å². The van der Waals surface area contributed by atoms with E-state index in [-0.39, 0.29) is 0 Å². The van der Waals surface area contributed by atoms with Crippen molar-refractivity contribution in [3.05, 3.63) is 12.3 Å². The van der Waals surface area contributed by atoms with Crippen molar-refractivity contribution in [3.63, 3.8) is 0 Å². The first-order valence-electron chi connectivity index (χ1n) is 13.6. The Balaban J connectivity index is 1.35. The predicted molar refractivity (Wildman–Crippen MR) is 141 cm³/mol. The number of hydrogen-bond donors (Lipinski definition) is 1. The third-order valence-corrected chi connectivity index (χ3v) is 8.07. The molecule has 3 saturated heterocycles. The Labute approximate surface area is 205 Å². The average Bonchev–Trinajstić information content (AvgIpc) is 3.50. The summed E-state index contributed by atoms with van der Waals surface area (Å²) in [6.45, 7) is 15.8. The van der Waals surface area contributed by atoms with Crippen LogP contribution >= 0.6 is 0 Å². The van der Waals surface area contributed by atoms with Gasteiger partial charge >= 0.3 is 0 Å². The molecule has 3 aliphatic rings. The second kappa shape index (κ2) is 10.8. The molecule has 0 aliphatic carbocycles. The molecule has 2 aromatic rings. The number of aryl methyl sites for hydroxylation is 1. The maximum Gasteiger partial charge on any atom is 0.229 e. The highest BCUT2D eigenvalue weighted by Crippen LogP contribution is 2.28. The Bertz CT molecular complexity index is 918. The molecule has 0 saturated carbocycles. The number of hydrogen-bond acceptors (Lipinski definition) is 7. The minimum atomic E-state index is 0.479. The molecular formula is C26H44N8. The number of nitrogens with zero attached hydrogens (tertiary/aromatic N) is 7. The lowest BCUT2D eigenvalue weighted by molar-refractivity contribution is 0.177. The van der Waals surface area contributed by atoms with Crippen molar-refractivity contribution in [1.29, 1.82) is 0 Å². The minimum absolute atomic E-state index is 0.479. The summed E-state index contributed by atoms with van der Waals surface area (Å²) >= 11 is 0. The molecule has 0 aromatic carbocycles. The van der Waals surface area contributed by atoms with Crippen LogP contribution in [0.25, 0.3) is 11.0 Å². The molecule has 0 unspecified atom stereocenters. The van der Waals surface area contributed by atoms with Crippen LogP contribution in [0, 0.1) is 0 Å². The van der Waals surface area contributed by atoms with E-state index in [1.807, 2.05) is 0 Å². The molecule has 5 heterocycles. The maximum absolute atomic E-state index is 5.12. The first-order chi connectivity index (χ1) is 16.6. The zero-order chi connectivity index (χ0) is 23.5. The van der Waals surface area contributed by atoms with E-state index in [9.17, 15) is 0 Å². The van der Waals surface area contributed by atoms with Crippen molar-refractivity contribution < 1.29 is 0 Å². The number of nitrogens with one attached hydrogen (secondary N) is 1. The van der Waals surface area contributed by atoms with Gasteiger partial charge in [0.15, 0.2) is 0 Å². The van der Waals surface area contributed by atoms with Gasteiger partial charge in [-0.3, -0.25) is 0 Å². The van der Waals surface area contributed by atoms with Crippen molar-refractivity contribution in [1.82, 2.24) is 29.2 Å². The summed E-state index contributed by atoms with van der Waals surface area (Å²) in [5.41, 5.74) is 1.09. The van der Waals surface area contributed by atoms with Gasteiger partial charge < -0.3 is 29.5 Å². The monoisotopic (exact) mass is 468 g/mol. The number of likely N-dealkylation sites (tertiary alicyclic amines) is 2. The lowest BCUT2D eigenvalue weighted by Gasteiger charge is -2.35. The van der Waals surface area contributed by atoms with E-state index in [1.54, 1.807) is 0 Å². The van der Waals surface area contributed by atoms with Gasteiger partial charge in [-0.25, -0.2) is 0 Å². The number of aromatic nitrogens is 3. The van der Waals surface area contributed by atoms with Crippen LogP contribution in [0.2, 0.25) is 0 Å². The Morgan fingerprint density at radius 2 is 1.68 bits per heavy atom. The molecule has 1 N–H and O–H groups in total. The fourth-order valence-corrected chi connectivity index (χ4v) is 5.72. The van der Waals surface area contributed by atoms with Crippen LogP contribution in [0.5, 0.6) is 0 Å². The van der Waals surface area contributed by atoms with Gasteiger partial charge in [0, 0.05) is 64.1 Å². The zero-order valence-electron chi connectivity index (χ0n) is 21.5. The van der Waals surface area contributed by atoms with Crippen LogP contribution in [-0.4, -0.2) is 107 Å². The summed E-state index contributed by atoms with van der Waals surface area (Å²) in [5.74, 6) is 1.92. The molecule has 0 radical (unpaired) electrons. The molecule has 0 spiro atoms. The lowest BCUT2D eigenvalue weighted by atomic mass is 10.0. The molecule has 34 heavy (non-hydrogen) atoms. The first-order valence-corrected chi connectivity index (χ1v) is 13.6. The van der Waals surface area contributed by atoms with E-state index < -0.39 is 0 Å². The summed E-state index contributed by atoms with van der Waals surface area (Å²) in [7, 11) is 2.20. The average molecular weight is 469 g/mol. The van der Waals surface area contributed by atoms with E-state index in [0.717, 1.165) is 63.2 Å². The zero-order valence-corrected chi connectivity index (χ0v) is 21.5. The van der Waals surface area contributed by atoms with Crippen molar-refractivity contribution in [2.24, 2.45) is 0 Å². The number of fused-ring (bicyclic) bond motifs is 1. The van der Waals surface area contributed by atoms with Crippen LogP contribution in [0.15, 0.2) is 12.3 Å². The van der Waals surface area contributed by atoms with Gasteiger partial charge in [0.25, 0.3) is 0 Å². The Kier molecular flexibility index (Phi) is 7.56. The molecule has 3 fully saturated rings. The fourth-order valence-electron chi connectivity index (χ4n) is 5.72. The molecule has 2 aromatic heterocycles. The van der Waals surface area contributed by atoms with Crippen molar-refractivity contribution in [3.8, 4) is 0 Å². The summed E-state index contributed by atoms with van der Waals surface area (Å²) in [5, 5.41) is 5.02. The molecule has 0 amide bonds. The Morgan fingerprint density at radius 1 is 0.941 bits per heavy atom. The highest BCUT2D eigenvalue weighted by Gasteiger charge is 2.24. The van der Waals surface area contributed by atoms with Crippen molar-refractivity contribution in [2.45, 2.75) is 64.6 Å². The standard InChI is InChI=1S/C26H44N8/c1-21(2)32-14-7-22(8-15-32)27-24-23-9-16-33(13-6-12-31-10-4-5-11-31)25(23)29-26(28-24)34-19-17-30(3)18-20-34/h9,16,21-22H,4-8,10-15,17-20H2,1-3H3,(H,27,28,29). The Hall–Kier alpha value is -1.90. The highest BCUT2D eigenvalue weighted by molar-refractivity contribution is 5.89. The second-order valence-electron chi connectivity index (χ2n) is 10.9. The van der Waals surface area contributed by atoms with Crippen molar-refractivity contribution in [2.75, 3.05) is 76.2 Å². The van der Waals surface area contributed by atoms with E-state index in [2.05, 4.69) is 62.6 Å². The first kappa shape index (κ1) is 23.8. The molecule has 0 atom stereocenters. The quantitative estimate of drug-likeness (QED) is 0.639. The summed E-state index contributed by atoms with van der Waals surface area (Å²) < 4.78 is 2.36. The van der Waals surface area contributed by atoms with Crippen LogP contribution in [0.1, 0.15) is 46.0 Å². The van der Waals surface area contributed by atoms with Crippen LogP contribution in [0.4, 0.5) is 11.8 Å².